The molecule has 0 atom stereocenters. The zero-order chi connectivity index (χ0) is 26.2. The van der Waals surface area contributed by atoms with Crippen molar-refractivity contribution in [2.45, 2.75) is 0 Å². The van der Waals surface area contributed by atoms with Crippen molar-refractivity contribution in [1.29, 1.82) is 0 Å². The number of hydrogen-bond acceptors (Lipinski definition) is 1. The van der Waals surface area contributed by atoms with Gasteiger partial charge in [-0.3, -0.25) is 0 Å². The maximum atomic E-state index is 6.27. The van der Waals surface area contributed by atoms with E-state index in [-0.39, 0.29) is 0 Å². The topological polar surface area (TPSA) is 14.2 Å². The summed E-state index contributed by atoms with van der Waals surface area (Å²) in [5, 5.41) is 7.39. The van der Waals surface area contributed by atoms with Crippen LogP contribution in [-0.4, -0.2) is 4.57 Å². The van der Waals surface area contributed by atoms with E-state index in [1.807, 2.05) is 6.07 Å². The maximum absolute atomic E-state index is 6.27. The summed E-state index contributed by atoms with van der Waals surface area (Å²) in [5.41, 5.74) is 8.39. The fourth-order valence-corrected chi connectivity index (χ4v) is 6.50. The lowest BCUT2D eigenvalue weighted by molar-refractivity contribution is 0.487. The standard InChI is InChI=1S/C38H23NO/c1-2-9-25-21-29(18-16-24(25)8-1)39-34-13-5-3-11-30(34)32-22-26(17-19-35(32)39)28-20-27-10-7-15-37-38(27)33(23-28)31-12-4-6-14-36(31)40-37/h1-23H. The predicted molar refractivity (Wildman–Crippen MR) is 167 cm³/mol. The molecular weight excluding hydrogens is 486 g/mol. The molecule has 0 spiro atoms. The molecule has 2 heteroatoms. The smallest absolute Gasteiger partial charge is 0.135 e. The summed E-state index contributed by atoms with van der Waals surface area (Å²) in [4.78, 5) is 0. The molecule has 186 valence electrons. The molecule has 8 aromatic rings. The van der Waals surface area contributed by atoms with Gasteiger partial charge in [-0.25, -0.2) is 0 Å². The van der Waals surface area contributed by atoms with Crippen LogP contribution in [0.3, 0.4) is 0 Å². The van der Waals surface area contributed by atoms with Crippen molar-refractivity contribution in [2.75, 3.05) is 0 Å². The molecule has 7 aromatic carbocycles. The van der Waals surface area contributed by atoms with Gasteiger partial charge in [0.05, 0.1) is 11.0 Å². The van der Waals surface area contributed by atoms with Crippen LogP contribution in [0.25, 0.3) is 71.3 Å². The molecule has 40 heavy (non-hydrogen) atoms. The quantitative estimate of drug-likeness (QED) is 0.226. The van der Waals surface area contributed by atoms with Crippen LogP contribution in [0.15, 0.2) is 140 Å². The van der Waals surface area contributed by atoms with E-state index in [2.05, 4.69) is 138 Å². The number of hydrogen-bond donors (Lipinski definition) is 0. The van der Waals surface area contributed by atoms with Crippen LogP contribution in [0, 0.1) is 0 Å². The highest BCUT2D eigenvalue weighted by molar-refractivity contribution is 6.12. The Morgan fingerprint density at radius 2 is 1.20 bits per heavy atom. The molecule has 0 aliphatic carbocycles. The molecule has 0 N–H and O–H groups in total. The van der Waals surface area contributed by atoms with E-state index in [1.54, 1.807) is 0 Å². The van der Waals surface area contributed by atoms with Crippen molar-refractivity contribution < 1.29 is 4.74 Å². The molecule has 0 amide bonds. The minimum Gasteiger partial charge on any atom is -0.456 e. The summed E-state index contributed by atoms with van der Waals surface area (Å²) in [6, 6.07) is 50.2. The molecule has 9 rings (SSSR count). The lowest BCUT2D eigenvalue weighted by Gasteiger charge is -2.22. The van der Waals surface area contributed by atoms with E-state index in [4.69, 9.17) is 4.74 Å². The number of para-hydroxylation sites is 2. The number of fused-ring (bicyclic) bond motifs is 6. The SMILES string of the molecule is c1ccc2c(c1)Oc1cccc3cc(-c4ccc5c(c4)c4ccccc4n5-c4ccc5ccccc5c4)cc-2c13. The number of benzene rings is 7. The lowest BCUT2D eigenvalue weighted by Crippen LogP contribution is -1.97. The minimum absolute atomic E-state index is 0.911. The molecule has 2 heterocycles. The van der Waals surface area contributed by atoms with E-state index in [9.17, 15) is 0 Å². The zero-order valence-corrected chi connectivity index (χ0v) is 21.6. The van der Waals surface area contributed by atoms with Gasteiger partial charge in [0.25, 0.3) is 0 Å². The number of ether oxygens (including phenoxy) is 1. The monoisotopic (exact) mass is 509 g/mol. The van der Waals surface area contributed by atoms with Gasteiger partial charge in [-0.15, -0.1) is 0 Å². The Morgan fingerprint density at radius 3 is 2.17 bits per heavy atom. The van der Waals surface area contributed by atoms with E-state index in [1.165, 1.54) is 65.7 Å². The number of nitrogens with zero attached hydrogens (tertiary/aromatic N) is 1. The highest BCUT2D eigenvalue weighted by Gasteiger charge is 2.21. The second-order valence-corrected chi connectivity index (χ2v) is 10.6. The molecule has 1 aromatic heterocycles. The fraction of sp³-hybridized carbons (Fsp3) is 0. The fourth-order valence-electron chi connectivity index (χ4n) is 6.50. The van der Waals surface area contributed by atoms with E-state index < -0.39 is 0 Å². The second-order valence-electron chi connectivity index (χ2n) is 10.6. The minimum atomic E-state index is 0.911. The van der Waals surface area contributed by atoms with Gasteiger partial charge in [0.1, 0.15) is 11.5 Å². The first-order valence-corrected chi connectivity index (χ1v) is 13.7. The highest BCUT2D eigenvalue weighted by atomic mass is 16.5. The van der Waals surface area contributed by atoms with Crippen LogP contribution in [0.5, 0.6) is 11.5 Å². The zero-order valence-electron chi connectivity index (χ0n) is 21.6. The molecule has 0 unspecified atom stereocenters. The Morgan fingerprint density at radius 1 is 0.425 bits per heavy atom. The molecule has 1 aliphatic heterocycles. The third kappa shape index (κ3) is 3.05. The summed E-state index contributed by atoms with van der Waals surface area (Å²) in [6.07, 6.45) is 0. The van der Waals surface area contributed by atoms with Gasteiger partial charge in [-0.1, -0.05) is 84.9 Å². The van der Waals surface area contributed by atoms with Crippen molar-refractivity contribution in [3.05, 3.63) is 140 Å². The largest absolute Gasteiger partial charge is 0.456 e. The third-order valence-electron chi connectivity index (χ3n) is 8.33. The lowest BCUT2D eigenvalue weighted by atomic mass is 9.90. The molecule has 0 saturated carbocycles. The van der Waals surface area contributed by atoms with Crippen molar-refractivity contribution in [2.24, 2.45) is 0 Å². The van der Waals surface area contributed by atoms with Gasteiger partial charge in [0.15, 0.2) is 0 Å². The van der Waals surface area contributed by atoms with Crippen LogP contribution < -0.4 is 4.74 Å². The van der Waals surface area contributed by atoms with E-state index in [0.717, 1.165) is 17.1 Å². The Balaban J connectivity index is 1.29. The average Bonchev–Trinajstić information content (AvgIpc) is 3.34. The van der Waals surface area contributed by atoms with E-state index in [0.29, 0.717) is 0 Å². The molecule has 0 saturated heterocycles. The first kappa shape index (κ1) is 21.6. The summed E-state index contributed by atoms with van der Waals surface area (Å²) < 4.78 is 8.66. The molecular formula is C38H23NO. The highest BCUT2D eigenvalue weighted by Crippen LogP contribution is 2.48. The van der Waals surface area contributed by atoms with Gasteiger partial charge >= 0.3 is 0 Å². The Kier molecular flexibility index (Phi) is 4.36. The molecule has 1 aliphatic rings. The first-order chi connectivity index (χ1) is 19.8. The van der Waals surface area contributed by atoms with Gasteiger partial charge < -0.3 is 9.30 Å². The third-order valence-corrected chi connectivity index (χ3v) is 8.33. The Hall–Kier alpha value is -5.34. The Bertz CT molecular complexity index is 2310. The second kappa shape index (κ2) is 8.08. The van der Waals surface area contributed by atoms with Crippen molar-refractivity contribution in [3.63, 3.8) is 0 Å². The molecule has 0 bridgehead atoms. The van der Waals surface area contributed by atoms with Crippen LogP contribution in [0.4, 0.5) is 0 Å². The maximum Gasteiger partial charge on any atom is 0.135 e. The summed E-state index contributed by atoms with van der Waals surface area (Å²) >= 11 is 0. The predicted octanol–water partition coefficient (Wildman–Crippen LogP) is 10.5. The molecule has 2 nitrogen and oxygen atoms in total. The van der Waals surface area contributed by atoms with Crippen LogP contribution in [-0.2, 0) is 0 Å². The summed E-state index contributed by atoms with van der Waals surface area (Å²) in [7, 11) is 0. The van der Waals surface area contributed by atoms with Crippen LogP contribution >= 0.6 is 0 Å². The van der Waals surface area contributed by atoms with Gasteiger partial charge in [-0.2, -0.15) is 0 Å². The van der Waals surface area contributed by atoms with Crippen molar-refractivity contribution in [1.82, 2.24) is 4.57 Å². The van der Waals surface area contributed by atoms with Gasteiger partial charge in [0, 0.05) is 27.4 Å². The molecule has 0 fully saturated rings. The number of aromatic nitrogens is 1. The average molecular weight is 510 g/mol. The normalized spacial score (nSPS) is 12.2. The van der Waals surface area contributed by atoms with Crippen molar-refractivity contribution in [3.8, 4) is 39.4 Å². The van der Waals surface area contributed by atoms with Crippen LogP contribution in [0.2, 0.25) is 0 Å². The van der Waals surface area contributed by atoms with E-state index >= 15 is 0 Å². The van der Waals surface area contributed by atoms with Gasteiger partial charge in [-0.05, 0) is 87.4 Å². The first-order valence-electron chi connectivity index (χ1n) is 13.7. The number of rotatable bonds is 2. The Labute approximate surface area is 231 Å². The summed E-state index contributed by atoms with van der Waals surface area (Å²) in [6.45, 7) is 0. The molecule has 0 radical (unpaired) electrons. The summed E-state index contributed by atoms with van der Waals surface area (Å²) in [5.74, 6) is 1.83. The van der Waals surface area contributed by atoms with Crippen molar-refractivity contribution >= 4 is 43.4 Å². The van der Waals surface area contributed by atoms with Gasteiger partial charge in [0.2, 0.25) is 0 Å². The van der Waals surface area contributed by atoms with Crippen LogP contribution in [0.1, 0.15) is 0 Å².